The predicted octanol–water partition coefficient (Wildman–Crippen LogP) is 0.246. The fraction of sp³-hybridized carbons (Fsp3) is 1.00. The standard InChI is InChI=1S/C9H19NO2/c1-6(10)9(12)7-2-4-8(11)5-3-7/h6-9,11-12H,2-5,10H2,1H3. The second kappa shape index (κ2) is 4.21. The van der Waals surface area contributed by atoms with E-state index in [4.69, 9.17) is 5.73 Å². The first-order valence-corrected chi connectivity index (χ1v) is 4.73. The lowest BCUT2D eigenvalue weighted by atomic mass is 9.82. The third-order valence-corrected chi connectivity index (χ3v) is 2.76. The zero-order valence-corrected chi connectivity index (χ0v) is 7.61. The monoisotopic (exact) mass is 173 g/mol. The van der Waals surface area contributed by atoms with E-state index >= 15 is 0 Å². The van der Waals surface area contributed by atoms with Crippen LogP contribution in [0, 0.1) is 5.92 Å². The van der Waals surface area contributed by atoms with Crippen molar-refractivity contribution in [3.63, 3.8) is 0 Å². The highest BCUT2D eigenvalue weighted by molar-refractivity contribution is 4.80. The second-order valence-electron chi connectivity index (χ2n) is 3.92. The van der Waals surface area contributed by atoms with Crippen LogP contribution in [0.4, 0.5) is 0 Å². The lowest BCUT2D eigenvalue weighted by Gasteiger charge is -2.30. The molecule has 3 nitrogen and oxygen atoms in total. The Morgan fingerprint density at radius 2 is 1.75 bits per heavy atom. The van der Waals surface area contributed by atoms with E-state index in [-0.39, 0.29) is 12.1 Å². The van der Waals surface area contributed by atoms with Crippen LogP contribution in [0.3, 0.4) is 0 Å². The van der Waals surface area contributed by atoms with Gasteiger partial charge in [-0.3, -0.25) is 0 Å². The Kier molecular flexibility index (Phi) is 3.50. The topological polar surface area (TPSA) is 66.5 Å². The molecule has 0 heterocycles. The Bertz CT molecular complexity index is 130. The van der Waals surface area contributed by atoms with Gasteiger partial charge in [-0.05, 0) is 38.5 Å². The zero-order chi connectivity index (χ0) is 9.14. The summed E-state index contributed by atoms with van der Waals surface area (Å²) < 4.78 is 0. The van der Waals surface area contributed by atoms with Gasteiger partial charge in [-0.15, -0.1) is 0 Å². The van der Waals surface area contributed by atoms with Gasteiger partial charge < -0.3 is 15.9 Å². The van der Waals surface area contributed by atoms with Gasteiger partial charge in [-0.1, -0.05) is 0 Å². The molecule has 0 radical (unpaired) electrons. The third kappa shape index (κ3) is 2.44. The molecule has 1 aliphatic rings. The normalized spacial score (nSPS) is 36.0. The Balaban J connectivity index is 2.34. The summed E-state index contributed by atoms with van der Waals surface area (Å²) in [6.07, 6.45) is 2.90. The van der Waals surface area contributed by atoms with E-state index in [0.29, 0.717) is 5.92 Å². The van der Waals surface area contributed by atoms with Crippen molar-refractivity contribution in [3.05, 3.63) is 0 Å². The van der Waals surface area contributed by atoms with Gasteiger partial charge in [-0.25, -0.2) is 0 Å². The fourth-order valence-electron chi connectivity index (χ4n) is 1.87. The molecule has 2 unspecified atom stereocenters. The minimum Gasteiger partial charge on any atom is -0.393 e. The van der Waals surface area contributed by atoms with Gasteiger partial charge in [0.2, 0.25) is 0 Å². The average Bonchev–Trinajstić information content (AvgIpc) is 2.04. The van der Waals surface area contributed by atoms with E-state index < -0.39 is 6.10 Å². The summed E-state index contributed by atoms with van der Waals surface area (Å²) in [7, 11) is 0. The SMILES string of the molecule is CC(N)C(O)C1CCC(O)CC1. The molecule has 0 bridgehead atoms. The molecule has 0 aromatic carbocycles. The van der Waals surface area contributed by atoms with Gasteiger partial charge in [0.25, 0.3) is 0 Å². The molecule has 0 aliphatic heterocycles. The van der Waals surface area contributed by atoms with E-state index in [1.54, 1.807) is 0 Å². The van der Waals surface area contributed by atoms with Crippen LogP contribution in [0.2, 0.25) is 0 Å². The molecular weight excluding hydrogens is 154 g/mol. The highest BCUT2D eigenvalue weighted by atomic mass is 16.3. The molecule has 0 amide bonds. The Hall–Kier alpha value is -0.120. The number of hydrogen-bond donors (Lipinski definition) is 3. The molecule has 4 N–H and O–H groups in total. The summed E-state index contributed by atoms with van der Waals surface area (Å²) in [5, 5.41) is 18.9. The summed E-state index contributed by atoms with van der Waals surface area (Å²) in [5.74, 6) is 0.299. The first-order valence-electron chi connectivity index (χ1n) is 4.73. The van der Waals surface area contributed by atoms with Crippen LogP contribution in [0.5, 0.6) is 0 Å². The van der Waals surface area contributed by atoms with Crippen LogP contribution in [-0.4, -0.2) is 28.5 Å². The Labute approximate surface area is 73.6 Å². The van der Waals surface area contributed by atoms with E-state index in [2.05, 4.69) is 0 Å². The molecule has 0 aromatic heterocycles. The van der Waals surface area contributed by atoms with Gasteiger partial charge in [-0.2, -0.15) is 0 Å². The van der Waals surface area contributed by atoms with Crippen LogP contribution in [0.1, 0.15) is 32.6 Å². The number of rotatable bonds is 2. The number of aliphatic hydroxyl groups excluding tert-OH is 2. The van der Waals surface area contributed by atoms with Crippen LogP contribution in [0.25, 0.3) is 0 Å². The molecule has 3 heteroatoms. The molecule has 1 aliphatic carbocycles. The van der Waals surface area contributed by atoms with Crippen molar-refractivity contribution in [2.75, 3.05) is 0 Å². The van der Waals surface area contributed by atoms with Gasteiger partial charge >= 0.3 is 0 Å². The highest BCUT2D eigenvalue weighted by Gasteiger charge is 2.27. The Morgan fingerprint density at radius 1 is 1.25 bits per heavy atom. The first-order chi connectivity index (χ1) is 5.61. The van der Waals surface area contributed by atoms with E-state index in [9.17, 15) is 10.2 Å². The minimum absolute atomic E-state index is 0.148. The van der Waals surface area contributed by atoms with Crippen molar-refractivity contribution in [1.29, 1.82) is 0 Å². The molecule has 12 heavy (non-hydrogen) atoms. The van der Waals surface area contributed by atoms with Crippen molar-refractivity contribution >= 4 is 0 Å². The molecule has 2 atom stereocenters. The predicted molar refractivity (Wildman–Crippen MR) is 47.6 cm³/mol. The van der Waals surface area contributed by atoms with Gasteiger partial charge in [0.05, 0.1) is 12.2 Å². The molecule has 0 saturated heterocycles. The van der Waals surface area contributed by atoms with Gasteiger partial charge in [0.15, 0.2) is 0 Å². The van der Waals surface area contributed by atoms with Gasteiger partial charge in [0, 0.05) is 6.04 Å². The lowest BCUT2D eigenvalue weighted by Crippen LogP contribution is -2.39. The molecule has 0 aromatic rings. The van der Waals surface area contributed by atoms with Crippen molar-refractivity contribution in [3.8, 4) is 0 Å². The van der Waals surface area contributed by atoms with Crippen LogP contribution in [-0.2, 0) is 0 Å². The van der Waals surface area contributed by atoms with Crippen molar-refractivity contribution in [1.82, 2.24) is 0 Å². The smallest absolute Gasteiger partial charge is 0.0716 e. The summed E-state index contributed by atoms with van der Waals surface area (Å²) >= 11 is 0. The summed E-state index contributed by atoms with van der Waals surface area (Å²) in [5.41, 5.74) is 5.59. The number of aliphatic hydroxyl groups is 2. The van der Waals surface area contributed by atoms with Crippen molar-refractivity contribution < 1.29 is 10.2 Å². The lowest BCUT2D eigenvalue weighted by molar-refractivity contribution is 0.0316. The maximum Gasteiger partial charge on any atom is 0.0716 e. The number of nitrogens with two attached hydrogens (primary N) is 1. The molecule has 72 valence electrons. The quantitative estimate of drug-likeness (QED) is 0.560. The average molecular weight is 173 g/mol. The number of hydrogen-bond acceptors (Lipinski definition) is 3. The van der Waals surface area contributed by atoms with Crippen molar-refractivity contribution in [2.24, 2.45) is 11.7 Å². The highest BCUT2D eigenvalue weighted by Crippen LogP contribution is 2.27. The zero-order valence-electron chi connectivity index (χ0n) is 7.61. The maximum absolute atomic E-state index is 9.63. The fourth-order valence-corrected chi connectivity index (χ4v) is 1.87. The van der Waals surface area contributed by atoms with E-state index in [1.807, 2.05) is 6.92 Å². The summed E-state index contributed by atoms with van der Waals surface area (Å²) in [6, 6.07) is -0.148. The molecule has 0 spiro atoms. The first kappa shape index (κ1) is 9.96. The van der Waals surface area contributed by atoms with Crippen LogP contribution in [0.15, 0.2) is 0 Å². The van der Waals surface area contributed by atoms with E-state index in [1.165, 1.54) is 0 Å². The second-order valence-corrected chi connectivity index (χ2v) is 3.92. The maximum atomic E-state index is 9.63. The third-order valence-electron chi connectivity index (χ3n) is 2.76. The molecule has 1 fully saturated rings. The molecular formula is C9H19NO2. The summed E-state index contributed by atoms with van der Waals surface area (Å²) in [6.45, 7) is 1.83. The van der Waals surface area contributed by atoms with Crippen molar-refractivity contribution in [2.45, 2.75) is 50.9 Å². The van der Waals surface area contributed by atoms with Gasteiger partial charge in [0.1, 0.15) is 0 Å². The van der Waals surface area contributed by atoms with E-state index in [0.717, 1.165) is 25.7 Å². The van der Waals surface area contributed by atoms with Crippen LogP contribution >= 0.6 is 0 Å². The summed E-state index contributed by atoms with van der Waals surface area (Å²) in [4.78, 5) is 0. The molecule has 1 saturated carbocycles. The Morgan fingerprint density at radius 3 is 2.17 bits per heavy atom. The van der Waals surface area contributed by atoms with Crippen LogP contribution < -0.4 is 5.73 Å². The largest absolute Gasteiger partial charge is 0.393 e. The molecule has 1 rings (SSSR count). The minimum atomic E-state index is -0.391.